The summed E-state index contributed by atoms with van der Waals surface area (Å²) in [6.45, 7) is 4.17. The Morgan fingerprint density at radius 3 is 2.27 bits per heavy atom. The molecule has 0 aliphatic carbocycles. The quantitative estimate of drug-likeness (QED) is 0.200. The fourth-order valence-corrected chi connectivity index (χ4v) is 4.56. The van der Waals surface area contributed by atoms with Crippen molar-refractivity contribution in [2.45, 2.75) is 44.6 Å². The van der Waals surface area contributed by atoms with Gasteiger partial charge in [0.15, 0.2) is 11.5 Å². The molecular formula is C31H40ClNO4. The van der Waals surface area contributed by atoms with Crippen LogP contribution in [0.3, 0.4) is 0 Å². The van der Waals surface area contributed by atoms with Gasteiger partial charge in [0.2, 0.25) is 0 Å². The van der Waals surface area contributed by atoms with Gasteiger partial charge in [0.25, 0.3) is 0 Å². The zero-order valence-corrected chi connectivity index (χ0v) is 22.7. The lowest BCUT2D eigenvalue weighted by Gasteiger charge is -2.33. The summed E-state index contributed by atoms with van der Waals surface area (Å²) in [5.74, 6) is 2.67. The third-order valence-corrected chi connectivity index (χ3v) is 6.51. The van der Waals surface area contributed by atoms with E-state index in [0.717, 1.165) is 88.7 Å². The van der Waals surface area contributed by atoms with Gasteiger partial charge in [-0.3, -0.25) is 0 Å². The molecule has 1 aliphatic heterocycles. The van der Waals surface area contributed by atoms with Crippen LogP contribution in [0.5, 0.6) is 17.2 Å². The number of fused-ring (bicyclic) bond motifs is 1. The minimum absolute atomic E-state index is 0. The second kappa shape index (κ2) is 16.1. The van der Waals surface area contributed by atoms with Gasteiger partial charge in [-0.25, -0.2) is 0 Å². The molecule has 0 radical (unpaired) electrons. The largest absolute Gasteiger partial charge is 0.494 e. The Kier molecular flexibility index (Phi) is 12.4. The predicted molar refractivity (Wildman–Crippen MR) is 153 cm³/mol. The van der Waals surface area contributed by atoms with E-state index in [4.69, 9.17) is 18.9 Å². The van der Waals surface area contributed by atoms with Crippen LogP contribution in [0, 0.1) is 0 Å². The van der Waals surface area contributed by atoms with Crippen molar-refractivity contribution in [2.24, 2.45) is 0 Å². The number of hydrogen-bond acceptors (Lipinski definition) is 5. The number of ether oxygens (including phenoxy) is 4. The molecule has 0 aromatic heterocycles. The van der Waals surface area contributed by atoms with Gasteiger partial charge >= 0.3 is 0 Å². The first-order valence-electron chi connectivity index (χ1n) is 13.2. The molecule has 3 aromatic carbocycles. The third kappa shape index (κ3) is 9.17. The molecule has 37 heavy (non-hydrogen) atoms. The van der Waals surface area contributed by atoms with Crippen LogP contribution in [0.1, 0.15) is 37.7 Å². The predicted octanol–water partition coefficient (Wildman–Crippen LogP) is 6.97. The van der Waals surface area contributed by atoms with Gasteiger partial charge in [-0.05, 0) is 74.4 Å². The molecule has 5 nitrogen and oxygen atoms in total. The van der Waals surface area contributed by atoms with Crippen molar-refractivity contribution in [3.63, 3.8) is 0 Å². The lowest BCUT2D eigenvalue weighted by Crippen LogP contribution is -2.38. The average Bonchev–Trinajstić information content (AvgIpc) is 2.94. The minimum Gasteiger partial charge on any atom is -0.494 e. The van der Waals surface area contributed by atoms with E-state index >= 15 is 0 Å². The fourth-order valence-electron chi connectivity index (χ4n) is 4.56. The van der Waals surface area contributed by atoms with E-state index in [9.17, 15) is 0 Å². The summed E-state index contributed by atoms with van der Waals surface area (Å²) in [5, 5.41) is 0. The number of para-hydroxylation sites is 3. The van der Waals surface area contributed by atoms with Gasteiger partial charge in [0.1, 0.15) is 11.9 Å². The Balaban J connectivity index is 0.00000380. The third-order valence-electron chi connectivity index (χ3n) is 6.51. The van der Waals surface area contributed by atoms with Crippen LogP contribution in [-0.4, -0.2) is 46.1 Å². The van der Waals surface area contributed by atoms with Crippen LogP contribution < -0.4 is 19.1 Å². The Hall–Kier alpha value is -2.89. The highest BCUT2D eigenvalue weighted by atomic mass is 35.5. The Morgan fingerprint density at radius 2 is 1.51 bits per heavy atom. The maximum atomic E-state index is 6.42. The topological polar surface area (TPSA) is 40.2 Å². The lowest BCUT2D eigenvalue weighted by molar-refractivity contribution is 0.123. The van der Waals surface area contributed by atoms with E-state index in [1.165, 1.54) is 11.3 Å². The number of methoxy groups -OCH3 is 1. The summed E-state index contributed by atoms with van der Waals surface area (Å²) in [6.07, 6.45) is 6.33. The molecule has 0 saturated heterocycles. The molecule has 4 rings (SSSR count). The number of anilines is 1. The van der Waals surface area contributed by atoms with Crippen LogP contribution in [0.4, 0.5) is 5.69 Å². The van der Waals surface area contributed by atoms with E-state index in [0.29, 0.717) is 0 Å². The lowest BCUT2D eigenvalue weighted by atomic mass is 10.0. The smallest absolute Gasteiger partial charge is 0.164 e. The number of benzene rings is 3. The molecule has 0 spiro atoms. The molecule has 1 heterocycles. The van der Waals surface area contributed by atoms with E-state index in [1.807, 2.05) is 42.5 Å². The van der Waals surface area contributed by atoms with Gasteiger partial charge in [0.05, 0.1) is 20.3 Å². The van der Waals surface area contributed by atoms with Crippen LogP contribution in [-0.2, 0) is 11.2 Å². The SMILES string of the molecule is COc1cccc2c1OC(CN(CCCCOCCCCOc1ccccc1)c1ccccc1)CC2.Cl. The molecule has 0 N–H and O–H groups in total. The fraction of sp³-hybridized carbons (Fsp3) is 0.419. The average molecular weight is 526 g/mol. The Bertz CT molecular complexity index is 1000. The van der Waals surface area contributed by atoms with E-state index in [1.54, 1.807) is 7.11 Å². The first kappa shape index (κ1) is 28.7. The van der Waals surface area contributed by atoms with Crippen molar-refractivity contribution in [1.29, 1.82) is 0 Å². The van der Waals surface area contributed by atoms with Crippen LogP contribution in [0.15, 0.2) is 78.9 Å². The maximum absolute atomic E-state index is 6.42. The highest BCUT2D eigenvalue weighted by molar-refractivity contribution is 5.85. The highest BCUT2D eigenvalue weighted by Crippen LogP contribution is 2.36. The zero-order chi connectivity index (χ0) is 24.8. The maximum Gasteiger partial charge on any atom is 0.164 e. The molecule has 0 amide bonds. The molecule has 200 valence electrons. The number of halogens is 1. The summed E-state index contributed by atoms with van der Waals surface area (Å²) in [7, 11) is 1.71. The van der Waals surface area contributed by atoms with E-state index in [2.05, 4.69) is 41.3 Å². The first-order valence-corrected chi connectivity index (χ1v) is 13.2. The van der Waals surface area contributed by atoms with Gasteiger partial charge in [-0.2, -0.15) is 0 Å². The normalized spacial score (nSPS) is 14.1. The van der Waals surface area contributed by atoms with Gasteiger partial charge in [-0.15, -0.1) is 12.4 Å². The van der Waals surface area contributed by atoms with Crippen molar-refractivity contribution in [3.8, 4) is 17.2 Å². The molecule has 1 unspecified atom stereocenters. The summed E-state index contributed by atoms with van der Waals surface area (Å²) in [6, 6.07) is 26.8. The number of nitrogens with zero attached hydrogens (tertiary/aromatic N) is 1. The minimum atomic E-state index is 0. The highest BCUT2D eigenvalue weighted by Gasteiger charge is 2.24. The van der Waals surface area contributed by atoms with Crippen molar-refractivity contribution < 1.29 is 18.9 Å². The molecule has 6 heteroatoms. The Morgan fingerprint density at radius 1 is 0.811 bits per heavy atom. The summed E-state index contributed by atoms with van der Waals surface area (Å²) in [4.78, 5) is 2.45. The summed E-state index contributed by atoms with van der Waals surface area (Å²) in [5.41, 5.74) is 2.48. The number of unbranched alkanes of at least 4 members (excludes halogenated alkanes) is 2. The monoisotopic (exact) mass is 525 g/mol. The number of aryl methyl sites for hydroxylation is 1. The molecule has 0 fully saturated rings. The Labute approximate surface area is 228 Å². The van der Waals surface area contributed by atoms with Gasteiger partial charge < -0.3 is 23.8 Å². The summed E-state index contributed by atoms with van der Waals surface area (Å²) >= 11 is 0. The van der Waals surface area contributed by atoms with Gasteiger partial charge in [-0.1, -0.05) is 48.5 Å². The second-order valence-electron chi connectivity index (χ2n) is 9.20. The molecule has 3 aromatic rings. The van der Waals surface area contributed by atoms with Crippen molar-refractivity contribution in [2.75, 3.05) is 44.9 Å². The molecule has 1 atom stereocenters. The number of hydrogen-bond donors (Lipinski definition) is 0. The first-order chi connectivity index (χ1) is 17.8. The van der Waals surface area contributed by atoms with Crippen LogP contribution in [0.2, 0.25) is 0 Å². The van der Waals surface area contributed by atoms with Crippen molar-refractivity contribution >= 4 is 18.1 Å². The van der Waals surface area contributed by atoms with E-state index < -0.39 is 0 Å². The van der Waals surface area contributed by atoms with Crippen molar-refractivity contribution in [3.05, 3.63) is 84.4 Å². The van der Waals surface area contributed by atoms with Gasteiger partial charge in [0, 0.05) is 25.4 Å². The number of rotatable bonds is 15. The standard InChI is InChI=1S/C31H39NO4.ClH/c1-33-30-18-12-13-26-19-20-29(36-31(26)30)25-32(27-14-4-2-5-15-27)21-8-9-22-34-23-10-11-24-35-28-16-6-3-7-17-28;/h2-7,12-18,29H,8-11,19-25H2,1H3;1H. The van der Waals surface area contributed by atoms with E-state index in [-0.39, 0.29) is 18.5 Å². The molecular weight excluding hydrogens is 486 g/mol. The van der Waals surface area contributed by atoms with Crippen molar-refractivity contribution in [1.82, 2.24) is 0 Å². The second-order valence-corrected chi connectivity index (χ2v) is 9.20. The van der Waals surface area contributed by atoms with Crippen LogP contribution >= 0.6 is 12.4 Å². The van der Waals surface area contributed by atoms with Crippen LogP contribution in [0.25, 0.3) is 0 Å². The molecule has 1 aliphatic rings. The zero-order valence-electron chi connectivity index (χ0n) is 21.8. The molecule has 0 saturated carbocycles. The summed E-state index contributed by atoms with van der Waals surface area (Å²) < 4.78 is 23.6. The molecule has 0 bridgehead atoms.